The van der Waals surface area contributed by atoms with Crippen LogP contribution in [-0.4, -0.2) is 19.7 Å². The molecule has 0 radical (unpaired) electrons. The lowest BCUT2D eigenvalue weighted by molar-refractivity contribution is 0.519. The molecule has 0 amide bonds. The fourth-order valence-electron chi connectivity index (χ4n) is 2.66. The minimum absolute atomic E-state index is 0.0510. The molecule has 1 fully saturated rings. The molecule has 3 nitrogen and oxygen atoms in total. The average Bonchev–Trinajstić information content (AvgIpc) is 2.77. The molecule has 4 heteroatoms. The van der Waals surface area contributed by atoms with Gasteiger partial charge in [-0.1, -0.05) is 36.2 Å². The van der Waals surface area contributed by atoms with E-state index < -0.39 is 10.0 Å². The molecule has 2 atom stereocenters. The van der Waals surface area contributed by atoms with Crippen molar-refractivity contribution in [3.63, 3.8) is 0 Å². The second-order valence-electron chi connectivity index (χ2n) is 5.77. The average molecular weight is 281 g/mol. The molecule has 0 aliphatic heterocycles. The second kappa shape index (κ2) is 5.63. The molecule has 106 valence electrons. The normalized spacial score (nSPS) is 24.0. The predicted molar refractivity (Wildman–Crippen MR) is 78.8 cm³/mol. The molecule has 2 rings (SSSR count). The standard InChI is InChI=1S/C15H23NO2S/c1-11(2)19(17,18)16-15-6-4-5-14(15)13-9-7-12(3)8-10-13/h7-11,14-16H,4-6H2,1-3H3/t14?,15-/m0/s1. The molecule has 0 saturated heterocycles. The van der Waals surface area contributed by atoms with Crippen LogP contribution in [0.15, 0.2) is 24.3 Å². The lowest BCUT2D eigenvalue weighted by atomic mass is 9.94. The van der Waals surface area contributed by atoms with Crippen molar-refractivity contribution in [1.29, 1.82) is 0 Å². The summed E-state index contributed by atoms with van der Waals surface area (Å²) >= 11 is 0. The molecule has 1 unspecified atom stereocenters. The maximum Gasteiger partial charge on any atom is 0.214 e. The molecule has 0 bridgehead atoms. The van der Waals surface area contributed by atoms with E-state index in [4.69, 9.17) is 0 Å². The van der Waals surface area contributed by atoms with Gasteiger partial charge in [-0.3, -0.25) is 0 Å². The highest BCUT2D eigenvalue weighted by Crippen LogP contribution is 2.35. The Hall–Kier alpha value is -0.870. The van der Waals surface area contributed by atoms with Crippen molar-refractivity contribution in [3.05, 3.63) is 35.4 Å². The van der Waals surface area contributed by atoms with Crippen molar-refractivity contribution < 1.29 is 8.42 Å². The zero-order chi connectivity index (χ0) is 14.0. The Morgan fingerprint density at radius 1 is 1.16 bits per heavy atom. The predicted octanol–water partition coefficient (Wildman–Crippen LogP) is 2.96. The summed E-state index contributed by atoms with van der Waals surface area (Å²) in [6.07, 6.45) is 3.09. The third kappa shape index (κ3) is 3.37. The monoisotopic (exact) mass is 281 g/mol. The van der Waals surface area contributed by atoms with Gasteiger partial charge in [0.2, 0.25) is 10.0 Å². The number of hydrogen-bond donors (Lipinski definition) is 1. The van der Waals surface area contributed by atoms with Gasteiger partial charge in [0.05, 0.1) is 5.25 Å². The van der Waals surface area contributed by atoms with Crippen molar-refractivity contribution >= 4 is 10.0 Å². The smallest absolute Gasteiger partial charge is 0.212 e. The SMILES string of the molecule is Cc1ccc(C2CCC[C@@H]2NS(=O)(=O)C(C)C)cc1. The van der Waals surface area contributed by atoms with E-state index >= 15 is 0 Å². The molecule has 0 aromatic heterocycles. The van der Waals surface area contributed by atoms with Crippen molar-refractivity contribution in [2.75, 3.05) is 0 Å². The van der Waals surface area contributed by atoms with E-state index in [0.717, 1.165) is 19.3 Å². The van der Waals surface area contributed by atoms with Crippen LogP contribution in [0.5, 0.6) is 0 Å². The largest absolute Gasteiger partial charge is 0.214 e. The second-order valence-corrected chi connectivity index (χ2v) is 8.03. The van der Waals surface area contributed by atoms with Gasteiger partial charge in [-0.2, -0.15) is 0 Å². The van der Waals surface area contributed by atoms with E-state index in [0.29, 0.717) is 5.92 Å². The van der Waals surface area contributed by atoms with Crippen LogP contribution in [0.4, 0.5) is 0 Å². The van der Waals surface area contributed by atoms with Gasteiger partial charge in [0.1, 0.15) is 0 Å². The number of nitrogens with one attached hydrogen (secondary N) is 1. The lowest BCUT2D eigenvalue weighted by Crippen LogP contribution is -2.40. The molecule has 0 heterocycles. The molecule has 0 spiro atoms. The highest BCUT2D eigenvalue weighted by Gasteiger charge is 2.32. The van der Waals surface area contributed by atoms with Crippen LogP contribution in [0.25, 0.3) is 0 Å². The van der Waals surface area contributed by atoms with Crippen LogP contribution < -0.4 is 4.72 Å². The van der Waals surface area contributed by atoms with E-state index in [1.54, 1.807) is 13.8 Å². The molecule has 1 aromatic rings. The molecule has 1 aliphatic rings. The summed E-state index contributed by atoms with van der Waals surface area (Å²) < 4.78 is 26.9. The Balaban J connectivity index is 2.15. The summed E-state index contributed by atoms with van der Waals surface area (Å²) in [5.41, 5.74) is 2.49. The minimum Gasteiger partial charge on any atom is -0.212 e. The zero-order valence-corrected chi connectivity index (χ0v) is 12.7. The van der Waals surface area contributed by atoms with E-state index in [-0.39, 0.29) is 11.3 Å². The third-order valence-corrected chi connectivity index (χ3v) is 5.83. The fraction of sp³-hybridized carbons (Fsp3) is 0.600. The summed E-state index contributed by atoms with van der Waals surface area (Å²) in [5, 5.41) is -0.369. The van der Waals surface area contributed by atoms with Gasteiger partial charge in [-0.25, -0.2) is 13.1 Å². The Morgan fingerprint density at radius 3 is 2.37 bits per heavy atom. The van der Waals surface area contributed by atoms with Gasteiger partial charge in [0, 0.05) is 12.0 Å². The Kier molecular flexibility index (Phi) is 4.31. The summed E-state index contributed by atoms with van der Waals surface area (Å²) in [5.74, 6) is 0.314. The highest BCUT2D eigenvalue weighted by atomic mass is 32.2. The van der Waals surface area contributed by atoms with Crippen molar-refractivity contribution in [2.45, 2.75) is 57.2 Å². The first-order valence-electron chi connectivity index (χ1n) is 6.98. The topological polar surface area (TPSA) is 46.2 Å². The summed E-state index contributed by atoms with van der Waals surface area (Å²) in [7, 11) is -3.18. The van der Waals surface area contributed by atoms with Gasteiger partial charge >= 0.3 is 0 Å². The van der Waals surface area contributed by atoms with Crippen LogP contribution >= 0.6 is 0 Å². The van der Waals surface area contributed by atoms with Crippen molar-refractivity contribution in [2.24, 2.45) is 0 Å². The number of aryl methyl sites for hydroxylation is 1. The molecule has 1 aromatic carbocycles. The van der Waals surface area contributed by atoms with Crippen LogP contribution in [0.1, 0.15) is 50.2 Å². The van der Waals surface area contributed by atoms with Crippen LogP contribution in [0.2, 0.25) is 0 Å². The van der Waals surface area contributed by atoms with Crippen molar-refractivity contribution in [1.82, 2.24) is 4.72 Å². The first-order valence-corrected chi connectivity index (χ1v) is 8.52. The third-order valence-electron chi connectivity index (χ3n) is 3.96. The zero-order valence-electron chi connectivity index (χ0n) is 11.9. The van der Waals surface area contributed by atoms with Gasteiger partial charge in [0.25, 0.3) is 0 Å². The molecule has 19 heavy (non-hydrogen) atoms. The number of sulfonamides is 1. The molecule has 1 aliphatic carbocycles. The van der Waals surface area contributed by atoms with E-state index in [9.17, 15) is 8.42 Å². The Morgan fingerprint density at radius 2 is 1.79 bits per heavy atom. The fourth-order valence-corrected chi connectivity index (χ4v) is 3.64. The minimum atomic E-state index is -3.18. The lowest BCUT2D eigenvalue weighted by Gasteiger charge is -2.22. The highest BCUT2D eigenvalue weighted by molar-refractivity contribution is 7.90. The summed E-state index contributed by atoms with van der Waals surface area (Å²) in [6, 6.07) is 8.50. The number of benzene rings is 1. The van der Waals surface area contributed by atoms with E-state index in [1.165, 1.54) is 11.1 Å². The molecular weight excluding hydrogens is 258 g/mol. The van der Waals surface area contributed by atoms with Gasteiger partial charge in [0.15, 0.2) is 0 Å². The maximum atomic E-state index is 12.0. The Bertz CT molecular complexity index is 520. The Labute approximate surface area is 116 Å². The number of hydrogen-bond acceptors (Lipinski definition) is 2. The maximum absolute atomic E-state index is 12.0. The van der Waals surface area contributed by atoms with Crippen LogP contribution in [0.3, 0.4) is 0 Å². The van der Waals surface area contributed by atoms with E-state index in [2.05, 4.69) is 35.9 Å². The van der Waals surface area contributed by atoms with Crippen molar-refractivity contribution in [3.8, 4) is 0 Å². The van der Waals surface area contributed by atoms with E-state index in [1.807, 2.05) is 0 Å². The molecule has 1 saturated carbocycles. The first-order chi connectivity index (χ1) is 8.90. The molecular formula is C15H23NO2S. The van der Waals surface area contributed by atoms with Crippen LogP contribution in [-0.2, 0) is 10.0 Å². The quantitative estimate of drug-likeness (QED) is 0.922. The first kappa shape index (κ1) is 14.5. The summed E-state index contributed by atoms with van der Waals surface area (Å²) in [4.78, 5) is 0. The number of rotatable bonds is 4. The van der Waals surface area contributed by atoms with Crippen LogP contribution in [0, 0.1) is 6.92 Å². The van der Waals surface area contributed by atoms with Gasteiger partial charge in [-0.05, 0) is 39.2 Å². The van der Waals surface area contributed by atoms with Gasteiger partial charge < -0.3 is 0 Å². The molecule has 1 N–H and O–H groups in total. The summed E-state index contributed by atoms with van der Waals surface area (Å²) in [6.45, 7) is 5.51. The van der Waals surface area contributed by atoms with Gasteiger partial charge in [-0.15, -0.1) is 0 Å².